The number of hydrogen-bond acceptors (Lipinski definition) is 3. The first-order valence-corrected chi connectivity index (χ1v) is 8.93. The molecule has 0 bridgehead atoms. The van der Waals surface area contributed by atoms with E-state index in [1.807, 2.05) is 37.4 Å². The van der Waals surface area contributed by atoms with Gasteiger partial charge in [0.2, 0.25) is 10.0 Å². The van der Waals surface area contributed by atoms with Crippen LogP contribution in [0.1, 0.15) is 11.6 Å². The Kier molecular flexibility index (Phi) is 5.98. The molecule has 7 heteroatoms. The predicted octanol–water partition coefficient (Wildman–Crippen LogP) is 2.92. The number of benzene rings is 2. The zero-order valence-electron chi connectivity index (χ0n) is 13.3. The van der Waals surface area contributed by atoms with Crippen molar-refractivity contribution in [1.29, 1.82) is 0 Å². The van der Waals surface area contributed by atoms with Gasteiger partial charge in [-0.3, -0.25) is 0 Å². The quantitative estimate of drug-likeness (QED) is 0.834. The highest BCUT2D eigenvalue weighted by Gasteiger charge is 2.35. The van der Waals surface area contributed by atoms with Gasteiger partial charge in [-0.25, -0.2) is 12.8 Å². The Balaban J connectivity index is 0.00000208. The first-order chi connectivity index (χ1) is 11.0. The Bertz CT molecular complexity index is 769. The molecule has 0 spiro atoms. The summed E-state index contributed by atoms with van der Waals surface area (Å²) >= 11 is 0. The monoisotopic (exact) mass is 370 g/mol. The van der Waals surface area contributed by atoms with Crippen LogP contribution in [0, 0.1) is 5.82 Å². The van der Waals surface area contributed by atoms with Crippen LogP contribution in [0.15, 0.2) is 59.5 Å². The molecular weight excluding hydrogens is 351 g/mol. The van der Waals surface area contributed by atoms with Gasteiger partial charge in [-0.15, -0.1) is 12.4 Å². The number of hydrogen-bond donors (Lipinski definition) is 0. The van der Waals surface area contributed by atoms with E-state index in [-0.39, 0.29) is 23.3 Å². The van der Waals surface area contributed by atoms with Gasteiger partial charge < -0.3 is 4.90 Å². The number of halogens is 2. The lowest BCUT2D eigenvalue weighted by atomic mass is 10.1. The van der Waals surface area contributed by atoms with Crippen LogP contribution in [0.2, 0.25) is 0 Å². The van der Waals surface area contributed by atoms with E-state index in [0.717, 1.165) is 5.56 Å². The summed E-state index contributed by atoms with van der Waals surface area (Å²) in [7, 11) is -1.68. The highest BCUT2D eigenvalue weighted by molar-refractivity contribution is 7.89. The van der Waals surface area contributed by atoms with Crippen molar-refractivity contribution >= 4 is 22.4 Å². The lowest BCUT2D eigenvalue weighted by molar-refractivity contribution is 0.160. The van der Waals surface area contributed by atoms with E-state index in [4.69, 9.17) is 0 Å². The Labute approximate surface area is 148 Å². The van der Waals surface area contributed by atoms with Crippen LogP contribution in [-0.4, -0.2) is 44.3 Å². The summed E-state index contributed by atoms with van der Waals surface area (Å²) in [5.74, 6) is -0.443. The summed E-state index contributed by atoms with van der Waals surface area (Å²) in [6, 6.07) is 14.4. The maximum Gasteiger partial charge on any atom is 0.243 e. The van der Waals surface area contributed by atoms with Crippen LogP contribution in [0.3, 0.4) is 0 Å². The Morgan fingerprint density at radius 1 is 1.00 bits per heavy atom. The second-order valence-electron chi connectivity index (χ2n) is 5.76. The molecule has 24 heavy (non-hydrogen) atoms. The van der Waals surface area contributed by atoms with Crippen molar-refractivity contribution in [3.8, 4) is 0 Å². The molecule has 1 unspecified atom stereocenters. The van der Waals surface area contributed by atoms with E-state index in [1.165, 1.54) is 28.6 Å². The van der Waals surface area contributed by atoms with Crippen LogP contribution in [-0.2, 0) is 10.0 Å². The molecule has 2 aromatic rings. The molecule has 130 valence electrons. The highest BCUT2D eigenvalue weighted by atomic mass is 35.5. The highest BCUT2D eigenvalue weighted by Crippen LogP contribution is 2.30. The topological polar surface area (TPSA) is 40.6 Å². The molecule has 0 N–H and O–H groups in total. The standard InChI is InChI=1S/C17H19FN2O2S.ClH/c1-19-11-12-20(17(13-19)14-5-3-2-4-6-14)23(21,22)16-9-7-15(18)8-10-16;/h2-10,17H,11-13H2,1H3;1H. The van der Waals surface area contributed by atoms with Crippen molar-refractivity contribution in [1.82, 2.24) is 9.21 Å². The molecule has 0 radical (unpaired) electrons. The van der Waals surface area contributed by atoms with Crippen LogP contribution < -0.4 is 0 Å². The lowest BCUT2D eigenvalue weighted by Gasteiger charge is -2.39. The van der Waals surface area contributed by atoms with E-state index in [9.17, 15) is 12.8 Å². The van der Waals surface area contributed by atoms with Crippen molar-refractivity contribution in [2.45, 2.75) is 10.9 Å². The van der Waals surface area contributed by atoms with Crippen molar-refractivity contribution in [3.63, 3.8) is 0 Å². The third-order valence-electron chi connectivity index (χ3n) is 4.14. The van der Waals surface area contributed by atoms with Crippen molar-refractivity contribution in [2.24, 2.45) is 0 Å². The van der Waals surface area contributed by atoms with E-state index >= 15 is 0 Å². The summed E-state index contributed by atoms with van der Waals surface area (Å²) in [6.07, 6.45) is 0. The molecule has 1 fully saturated rings. The van der Waals surface area contributed by atoms with Gasteiger partial charge in [-0.05, 0) is 36.9 Å². The van der Waals surface area contributed by atoms with Crippen molar-refractivity contribution in [2.75, 3.05) is 26.7 Å². The Morgan fingerprint density at radius 2 is 1.62 bits per heavy atom. The Hall–Kier alpha value is -1.47. The minimum absolute atomic E-state index is 0. The largest absolute Gasteiger partial charge is 0.303 e. The van der Waals surface area contributed by atoms with Crippen molar-refractivity contribution in [3.05, 3.63) is 66.0 Å². The smallest absolute Gasteiger partial charge is 0.243 e. The van der Waals surface area contributed by atoms with E-state index in [1.54, 1.807) is 0 Å². The maximum atomic E-state index is 13.1. The zero-order chi connectivity index (χ0) is 16.4. The van der Waals surface area contributed by atoms with Crippen LogP contribution in [0.5, 0.6) is 0 Å². The summed E-state index contributed by atoms with van der Waals surface area (Å²) in [5.41, 5.74) is 0.963. The number of piperazine rings is 1. The van der Waals surface area contributed by atoms with Gasteiger partial charge in [0.15, 0.2) is 0 Å². The third-order valence-corrected chi connectivity index (χ3v) is 6.06. The lowest BCUT2D eigenvalue weighted by Crippen LogP contribution is -2.49. The number of nitrogens with zero attached hydrogens (tertiary/aromatic N) is 2. The number of sulfonamides is 1. The van der Waals surface area contributed by atoms with E-state index < -0.39 is 15.8 Å². The SMILES string of the molecule is CN1CCN(S(=O)(=O)c2ccc(F)cc2)C(c2ccccc2)C1.Cl. The van der Waals surface area contributed by atoms with Gasteiger partial charge in [0.1, 0.15) is 5.82 Å². The van der Waals surface area contributed by atoms with Gasteiger partial charge in [0, 0.05) is 19.6 Å². The molecule has 1 aliphatic heterocycles. The van der Waals surface area contributed by atoms with Gasteiger partial charge in [0.25, 0.3) is 0 Å². The van der Waals surface area contributed by atoms with Crippen LogP contribution in [0.4, 0.5) is 4.39 Å². The molecule has 1 aliphatic rings. The molecular formula is C17H20ClFN2O2S. The normalized spacial score (nSPS) is 19.7. The van der Waals surface area contributed by atoms with Gasteiger partial charge >= 0.3 is 0 Å². The van der Waals surface area contributed by atoms with Crippen LogP contribution >= 0.6 is 12.4 Å². The fourth-order valence-electron chi connectivity index (χ4n) is 2.88. The second-order valence-corrected chi connectivity index (χ2v) is 7.65. The fourth-order valence-corrected chi connectivity index (χ4v) is 4.48. The molecule has 1 saturated heterocycles. The third kappa shape index (κ3) is 3.78. The van der Waals surface area contributed by atoms with Gasteiger partial charge in [-0.2, -0.15) is 4.31 Å². The molecule has 2 aromatic carbocycles. The minimum atomic E-state index is -3.66. The summed E-state index contributed by atoms with van der Waals surface area (Å²) < 4.78 is 40.6. The van der Waals surface area contributed by atoms with E-state index in [0.29, 0.717) is 19.6 Å². The first kappa shape index (κ1) is 18.9. The minimum Gasteiger partial charge on any atom is -0.303 e. The summed E-state index contributed by atoms with van der Waals surface area (Å²) in [4.78, 5) is 2.25. The zero-order valence-corrected chi connectivity index (χ0v) is 14.9. The summed E-state index contributed by atoms with van der Waals surface area (Å²) in [6.45, 7) is 1.71. The summed E-state index contributed by atoms with van der Waals surface area (Å²) in [5, 5.41) is 0. The molecule has 1 heterocycles. The predicted molar refractivity (Wildman–Crippen MR) is 94.2 cm³/mol. The average Bonchev–Trinajstić information content (AvgIpc) is 2.56. The average molecular weight is 371 g/mol. The van der Waals surface area contributed by atoms with Crippen molar-refractivity contribution < 1.29 is 12.8 Å². The molecule has 0 aliphatic carbocycles. The molecule has 1 atom stereocenters. The molecule has 0 saturated carbocycles. The molecule has 4 nitrogen and oxygen atoms in total. The van der Waals surface area contributed by atoms with Crippen LogP contribution in [0.25, 0.3) is 0 Å². The van der Waals surface area contributed by atoms with E-state index in [2.05, 4.69) is 4.90 Å². The Morgan fingerprint density at radius 3 is 2.25 bits per heavy atom. The van der Waals surface area contributed by atoms with Gasteiger partial charge in [0.05, 0.1) is 10.9 Å². The number of likely N-dealkylation sites (N-methyl/N-ethyl adjacent to an activating group) is 1. The maximum absolute atomic E-state index is 13.1. The number of rotatable bonds is 3. The molecule has 0 amide bonds. The molecule has 3 rings (SSSR count). The first-order valence-electron chi connectivity index (χ1n) is 7.49. The van der Waals surface area contributed by atoms with Gasteiger partial charge in [-0.1, -0.05) is 30.3 Å². The molecule has 0 aromatic heterocycles. The second kappa shape index (κ2) is 7.61. The fraction of sp³-hybridized carbons (Fsp3) is 0.294.